The van der Waals surface area contributed by atoms with Gasteiger partial charge in [0.15, 0.2) is 0 Å². The molecule has 7 heteroatoms. The highest BCUT2D eigenvalue weighted by Gasteiger charge is 2.12. The van der Waals surface area contributed by atoms with Crippen molar-refractivity contribution >= 4 is 10.9 Å². The lowest BCUT2D eigenvalue weighted by molar-refractivity contribution is 0.309. The quantitative estimate of drug-likeness (QED) is 0.400. The maximum absolute atomic E-state index is 6.16. The Kier molecular flexibility index (Phi) is 6.17. The van der Waals surface area contributed by atoms with Gasteiger partial charge in [-0.3, -0.25) is 9.97 Å². The van der Waals surface area contributed by atoms with Crippen LogP contribution in [0.1, 0.15) is 25.6 Å². The number of nitrogens with zero attached hydrogens (tertiary/aromatic N) is 5. The van der Waals surface area contributed by atoms with Crippen molar-refractivity contribution in [2.75, 3.05) is 0 Å². The Morgan fingerprint density at radius 2 is 1.75 bits per heavy atom. The largest absolute Gasteiger partial charge is 0.488 e. The Morgan fingerprint density at radius 1 is 0.938 bits per heavy atom. The van der Waals surface area contributed by atoms with E-state index in [1.807, 2.05) is 72.9 Å². The van der Waals surface area contributed by atoms with E-state index in [2.05, 4.69) is 37.5 Å². The van der Waals surface area contributed by atoms with E-state index in [4.69, 9.17) is 4.74 Å². The summed E-state index contributed by atoms with van der Waals surface area (Å²) >= 11 is 0. The first-order valence-electron chi connectivity index (χ1n) is 10.1. The molecule has 0 bridgehead atoms. The third kappa shape index (κ3) is 4.18. The van der Waals surface area contributed by atoms with Crippen molar-refractivity contribution in [1.29, 1.82) is 0 Å². The molecule has 3 aromatic heterocycles. The molecule has 0 aliphatic carbocycles. The number of tetrazole rings is 1. The zero-order chi connectivity index (χ0) is 21.0. The fourth-order valence-corrected chi connectivity index (χ4v) is 3.50. The number of aromatic amines is 1. The molecule has 5 rings (SSSR count). The lowest BCUT2D eigenvalue weighted by Crippen LogP contribution is -1.99. The maximum Gasteiger partial charge on any atom is 0.205 e. The second-order valence-electron chi connectivity index (χ2n) is 7.10. The summed E-state index contributed by atoms with van der Waals surface area (Å²) in [5.74, 6) is 1.38. The molecule has 0 saturated carbocycles. The number of benzene rings is 2. The Bertz CT molecular complexity index is 1320. The van der Waals surface area contributed by atoms with Crippen LogP contribution in [0.15, 0.2) is 72.9 Å². The SMILES string of the molecule is C.CCc1cc(OCc2ccc(-c3ccccc3-c3nn[nH]n3)nc2)c2ccccc2n1. The molecule has 2 aromatic carbocycles. The monoisotopic (exact) mass is 424 g/mol. The van der Waals surface area contributed by atoms with Gasteiger partial charge in [-0.1, -0.05) is 56.8 Å². The van der Waals surface area contributed by atoms with Gasteiger partial charge in [0.25, 0.3) is 0 Å². The van der Waals surface area contributed by atoms with E-state index in [1.54, 1.807) is 0 Å². The Balaban J connectivity index is 0.00000245. The van der Waals surface area contributed by atoms with Crippen molar-refractivity contribution in [2.45, 2.75) is 27.4 Å². The fraction of sp³-hybridized carbons (Fsp3) is 0.160. The molecule has 7 nitrogen and oxygen atoms in total. The molecule has 0 aliphatic rings. The Morgan fingerprint density at radius 3 is 2.50 bits per heavy atom. The summed E-state index contributed by atoms with van der Waals surface area (Å²) in [6, 6.07) is 21.9. The lowest BCUT2D eigenvalue weighted by Gasteiger charge is -2.11. The van der Waals surface area contributed by atoms with Crippen LogP contribution < -0.4 is 4.74 Å². The second-order valence-corrected chi connectivity index (χ2v) is 7.10. The average molecular weight is 425 g/mol. The minimum absolute atomic E-state index is 0. The second kappa shape index (κ2) is 9.34. The average Bonchev–Trinajstić information content (AvgIpc) is 3.37. The molecule has 0 radical (unpaired) electrons. The van der Waals surface area contributed by atoms with Crippen LogP contribution in [0.4, 0.5) is 0 Å². The van der Waals surface area contributed by atoms with Gasteiger partial charge in [0.1, 0.15) is 12.4 Å². The topological polar surface area (TPSA) is 89.5 Å². The van der Waals surface area contributed by atoms with Crippen LogP contribution in [0.3, 0.4) is 0 Å². The van der Waals surface area contributed by atoms with Crippen LogP contribution >= 0.6 is 0 Å². The zero-order valence-corrected chi connectivity index (χ0v) is 17.0. The molecule has 32 heavy (non-hydrogen) atoms. The molecule has 0 saturated heterocycles. The van der Waals surface area contributed by atoms with Crippen molar-refractivity contribution in [1.82, 2.24) is 30.6 Å². The van der Waals surface area contributed by atoms with E-state index in [9.17, 15) is 0 Å². The van der Waals surface area contributed by atoms with Gasteiger partial charge in [-0.25, -0.2) is 0 Å². The number of fused-ring (bicyclic) bond motifs is 1. The van der Waals surface area contributed by atoms with Gasteiger partial charge in [-0.05, 0) is 29.8 Å². The number of hydrogen-bond acceptors (Lipinski definition) is 6. The summed E-state index contributed by atoms with van der Waals surface area (Å²) in [6.07, 6.45) is 2.70. The summed E-state index contributed by atoms with van der Waals surface area (Å²) in [5, 5.41) is 15.4. The van der Waals surface area contributed by atoms with Gasteiger partial charge in [0.2, 0.25) is 5.82 Å². The number of aryl methyl sites for hydroxylation is 1. The standard InChI is InChI=1S/C24H20N6O.CH4/c1-2-17-13-23(20-9-5-6-10-22(20)26-17)31-15-16-11-12-21(25-14-16)18-7-3-4-8-19(18)24-27-29-30-28-24;/h3-14H,2,15H2,1H3,(H,27,28,29,30);1H4. The lowest BCUT2D eigenvalue weighted by atomic mass is 10.0. The van der Waals surface area contributed by atoms with Gasteiger partial charge in [0, 0.05) is 40.0 Å². The summed E-state index contributed by atoms with van der Waals surface area (Å²) < 4.78 is 6.16. The van der Waals surface area contributed by atoms with Crippen molar-refractivity contribution in [2.24, 2.45) is 0 Å². The van der Waals surface area contributed by atoms with E-state index >= 15 is 0 Å². The predicted molar refractivity (Wildman–Crippen MR) is 125 cm³/mol. The van der Waals surface area contributed by atoms with Crippen LogP contribution in [0.2, 0.25) is 0 Å². The van der Waals surface area contributed by atoms with E-state index in [0.717, 1.165) is 51.2 Å². The van der Waals surface area contributed by atoms with Crippen LogP contribution in [0.25, 0.3) is 33.5 Å². The number of nitrogens with one attached hydrogen (secondary N) is 1. The molecule has 0 spiro atoms. The third-order valence-electron chi connectivity index (χ3n) is 5.10. The first-order chi connectivity index (χ1) is 15.3. The first-order valence-corrected chi connectivity index (χ1v) is 10.1. The van der Waals surface area contributed by atoms with Gasteiger partial charge in [0.05, 0.1) is 11.2 Å². The minimum atomic E-state index is 0. The maximum atomic E-state index is 6.16. The van der Waals surface area contributed by atoms with Gasteiger partial charge in [-0.2, -0.15) is 5.21 Å². The molecule has 5 aromatic rings. The summed E-state index contributed by atoms with van der Waals surface area (Å²) in [6.45, 7) is 2.52. The first kappa shape index (κ1) is 21.1. The number of ether oxygens (including phenoxy) is 1. The molecule has 0 amide bonds. The number of H-pyrrole nitrogens is 1. The molecule has 1 N–H and O–H groups in total. The number of rotatable bonds is 6. The third-order valence-corrected chi connectivity index (χ3v) is 5.10. The molecule has 3 heterocycles. The molecule has 0 aliphatic heterocycles. The van der Waals surface area contributed by atoms with E-state index in [-0.39, 0.29) is 7.43 Å². The van der Waals surface area contributed by atoms with Crippen LogP contribution in [0, 0.1) is 0 Å². The van der Waals surface area contributed by atoms with E-state index < -0.39 is 0 Å². The van der Waals surface area contributed by atoms with Crippen LogP contribution in [0.5, 0.6) is 5.75 Å². The summed E-state index contributed by atoms with van der Waals surface area (Å²) in [7, 11) is 0. The summed E-state index contributed by atoms with van der Waals surface area (Å²) in [5.41, 5.74) is 5.61. The zero-order valence-electron chi connectivity index (χ0n) is 17.0. The van der Waals surface area contributed by atoms with Crippen molar-refractivity contribution in [3.8, 4) is 28.4 Å². The van der Waals surface area contributed by atoms with Crippen molar-refractivity contribution in [3.05, 3.63) is 84.2 Å². The number of aromatic nitrogens is 6. The van der Waals surface area contributed by atoms with Gasteiger partial charge >= 0.3 is 0 Å². The molecular formula is C25H24N6O. The molecule has 0 unspecified atom stereocenters. The number of pyridine rings is 2. The van der Waals surface area contributed by atoms with E-state index in [0.29, 0.717) is 12.4 Å². The minimum Gasteiger partial charge on any atom is -0.488 e. The predicted octanol–water partition coefficient (Wildman–Crippen LogP) is 5.25. The highest BCUT2D eigenvalue weighted by atomic mass is 16.5. The van der Waals surface area contributed by atoms with Gasteiger partial charge in [-0.15, -0.1) is 10.2 Å². The van der Waals surface area contributed by atoms with Gasteiger partial charge < -0.3 is 4.74 Å². The Hall–Kier alpha value is -4.13. The molecule has 160 valence electrons. The summed E-state index contributed by atoms with van der Waals surface area (Å²) in [4.78, 5) is 9.32. The molecular weight excluding hydrogens is 400 g/mol. The highest BCUT2D eigenvalue weighted by molar-refractivity contribution is 5.85. The fourth-order valence-electron chi connectivity index (χ4n) is 3.50. The molecule has 0 fully saturated rings. The van der Waals surface area contributed by atoms with Crippen LogP contribution in [-0.4, -0.2) is 30.6 Å². The van der Waals surface area contributed by atoms with Crippen molar-refractivity contribution < 1.29 is 4.74 Å². The van der Waals surface area contributed by atoms with E-state index in [1.165, 1.54) is 0 Å². The number of hydrogen-bond donors (Lipinski definition) is 1. The number of para-hydroxylation sites is 1. The smallest absolute Gasteiger partial charge is 0.205 e. The van der Waals surface area contributed by atoms with Crippen LogP contribution in [-0.2, 0) is 13.0 Å². The normalized spacial score (nSPS) is 10.7. The highest BCUT2D eigenvalue weighted by Crippen LogP contribution is 2.29. The molecule has 0 atom stereocenters. The Labute approximate surface area is 186 Å². The van der Waals surface area contributed by atoms with Crippen molar-refractivity contribution in [3.63, 3.8) is 0 Å².